The number of ether oxygens (including phenoxy) is 1. The highest BCUT2D eigenvalue weighted by molar-refractivity contribution is 7.17. The van der Waals surface area contributed by atoms with Gasteiger partial charge in [-0.05, 0) is 17.5 Å². The van der Waals surface area contributed by atoms with Gasteiger partial charge in [-0.3, -0.25) is 0 Å². The van der Waals surface area contributed by atoms with Crippen LogP contribution in [0.1, 0.15) is 0 Å². The van der Waals surface area contributed by atoms with Gasteiger partial charge in [-0.15, -0.1) is 11.3 Å². The van der Waals surface area contributed by atoms with Crippen LogP contribution >= 0.6 is 11.3 Å². The molecule has 16 heavy (non-hydrogen) atoms. The topological polar surface area (TPSA) is 27.1 Å². The van der Waals surface area contributed by atoms with E-state index in [1.54, 1.807) is 11.3 Å². The molecule has 0 unspecified atom stereocenters. The highest BCUT2D eigenvalue weighted by Crippen LogP contribution is 2.18. The lowest BCUT2D eigenvalue weighted by Crippen LogP contribution is -2.22. The van der Waals surface area contributed by atoms with Gasteiger partial charge in [0.2, 0.25) is 0 Å². The summed E-state index contributed by atoms with van der Waals surface area (Å²) in [5.74, 6) is 0. The van der Waals surface area contributed by atoms with E-state index in [9.17, 15) is 0 Å². The van der Waals surface area contributed by atoms with Crippen LogP contribution in [0.25, 0.3) is 10.2 Å². The lowest BCUT2D eigenvalue weighted by Gasteiger charge is -2.15. The van der Waals surface area contributed by atoms with Crippen LogP contribution in [0, 0.1) is 0 Å². The van der Waals surface area contributed by atoms with E-state index in [0.717, 1.165) is 12.1 Å². The van der Waals surface area contributed by atoms with Crippen LogP contribution in [0.3, 0.4) is 0 Å². The SMILES string of the molecule is C[Si](C)(C)CCOCn1cc2sccc2n1. The summed E-state index contributed by atoms with van der Waals surface area (Å²) in [5, 5.41) is 6.48. The van der Waals surface area contributed by atoms with Gasteiger partial charge < -0.3 is 4.74 Å². The summed E-state index contributed by atoms with van der Waals surface area (Å²) >= 11 is 1.72. The maximum Gasteiger partial charge on any atom is 0.139 e. The molecular formula is C11H18N2OSSi. The summed E-state index contributed by atoms with van der Waals surface area (Å²) in [6.45, 7) is 8.51. The Morgan fingerprint density at radius 1 is 1.44 bits per heavy atom. The largest absolute Gasteiger partial charge is 0.360 e. The zero-order valence-electron chi connectivity index (χ0n) is 10.1. The Hall–Kier alpha value is -0.653. The third-order valence-corrected chi connectivity index (χ3v) is 4.94. The molecule has 2 rings (SSSR count). The molecule has 0 fully saturated rings. The molecule has 0 N–H and O–H groups in total. The van der Waals surface area contributed by atoms with Crippen molar-refractivity contribution in [1.82, 2.24) is 9.78 Å². The van der Waals surface area contributed by atoms with E-state index in [1.165, 1.54) is 10.7 Å². The fraction of sp³-hybridized carbons (Fsp3) is 0.545. The van der Waals surface area contributed by atoms with Gasteiger partial charge in [-0.25, -0.2) is 4.68 Å². The van der Waals surface area contributed by atoms with E-state index < -0.39 is 8.07 Å². The van der Waals surface area contributed by atoms with Crippen molar-refractivity contribution in [3.8, 4) is 0 Å². The van der Waals surface area contributed by atoms with Crippen molar-refractivity contribution in [2.75, 3.05) is 6.61 Å². The van der Waals surface area contributed by atoms with Gasteiger partial charge in [-0.1, -0.05) is 19.6 Å². The molecule has 0 aliphatic heterocycles. The highest BCUT2D eigenvalue weighted by Gasteiger charge is 2.12. The van der Waals surface area contributed by atoms with Crippen molar-refractivity contribution in [2.24, 2.45) is 0 Å². The number of aromatic nitrogens is 2. The van der Waals surface area contributed by atoms with Crippen LogP contribution in [0.15, 0.2) is 17.6 Å². The summed E-state index contributed by atoms with van der Waals surface area (Å²) in [6, 6.07) is 3.25. The molecule has 2 aromatic rings. The number of hydrogen-bond donors (Lipinski definition) is 0. The fourth-order valence-electron chi connectivity index (χ4n) is 1.40. The Bertz CT molecular complexity index is 429. The van der Waals surface area contributed by atoms with Crippen LogP contribution in [0.4, 0.5) is 0 Å². The van der Waals surface area contributed by atoms with Crippen LogP contribution in [-0.4, -0.2) is 24.5 Å². The zero-order chi connectivity index (χ0) is 11.6. The molecule has 0 atom stereocenters. The van der Waals surface area contributed by atoms with Crippen molar-refractivity contribution in [2.45, 2.75) is 32.4 Å². The van der Waals surface area contributed by atoms with E-state index in [1.807, 2.05) is 10.7 Å². The monoisotopic (exact) mass is 254 g/mol. The van der Waals surface area contributed by atoms with Gasteiger partial charge in [0.15, 0.2) is 0 Å². The van der Waals surface area contributed by atoms with Crippen LogP contribution in [0.2, 0.25) is 25.7 Å². The quantitative estimate of drug-likeness (QED) is 0.604. The van der Waals surface area contributed by atoms with Crippen molar-refractivity contribution < 1.29 is 4.74 Å². The molecule has 0 saturated heterocycles. The highest BCUT2D eigenvalue weighted by atomic mass is 32.1. The van der Waals surface area contributed by atoms with Crippen molar-refractivity contribution in [1.29, 1.82) is 0 Å². The third kappa shape index (κ3) is 3.17. The van der Waals surface area contributed by atoms with E-state index in [-0.39, 0.29) is 0 Å². The fourth-order valence-corrected chi connectivity index (χ4v) is 2.91. The first kappa shape index (κ1) is 11.8. The van der Waals surface area contributed by atoms with Gasteiger partial charge in [0.05, 0.1) is 4.70 Å². The van der Waals surface area contributed by atoms with Crippen molar-refractivity contribution in [3.05, 3.63) is 17.6 Å². The first-order chi connectivity index (χ1) is 7.54. The molecule has 2 aromatic heterocycles. The molecule has 0 bridgehead atoms. The minimum Gasteiger partial charge on any atom is -0.360 e. The minimum atomic E-state index is -0.967. The smallest absolute Gasteiger partial charge is 0.139 e. The van der Waals surface area contributed by atoms with Crippen molar-refractivity contribution >= 4 is 29.6 Å². The number of fused-ring (bicyclic) bond motifs is 1. The summed E-state index contributed by atoms with van der Waals surface area (Å²) < 4.78 is 8.75. The normalized spacial score (nSPS) is 12.4. The molecule has 0 radical (unpaired) electrons. The maximum atomic E-state index is 5.63. The Balaban J connectivity index is 1.80. The molecule has 0 spiro atoms. The average Bonchev–Trinajstić information content (AvgIpc) is 2.70. The number of nitrogens with zero attached hydrogens (tertiary/aromatic N) is 2. The second kappa shape index (κ2) is 4.69. The Labute approximate surface area is 101 Å². The Morgan fingerprint density at radius 3 is 2.94 bits per heavy atom. The third-order valence-electron chi connectivity index (χ3n) is 2.40. The minimum absolute atomic E-state index is 0.575. The molecule has 0 aliphatic carbocycles. The Morgan fingerprint density at radius 2 is 2.25 bits per heavy atom. The van der Waals surface area contributed by atoms with Gasteiger partial charge in [0.1, 0.15) is 12.2 Å². The summed E-state index contributed by atoms with van der Waals surface area (Å²) in [5.41, 5.74) is 1.07. The average molecular weight is 254 g/mol. The molecule has 0 saturated carbocycles. The number of hydrogen-bond acceptors (Lipinski definition) is 3. The van der Waals surface area contributed by atoms with Crippen LogP contribution < -0.4 is 0 Å². The van der Waals surface area contributed by atoms with E-state index in [4.69, 9.17) is 4.74 Å². The molecular weight excluding hydrogens is 236 g/mol. The zero-order valence-corrected chi connectivity index (χ0v) is 11.9. The van der Waals surface area contributed by atoms with E-state index in [0.29, 0.717) is 6.73 Å². The van der Waals surface area contributed by atoms with Crippen LogP contribution in [-0.2, 0) is 11.5 Å². The number of thiophene rings is 1. The second-order valence-electron chi connectivity index (χ2n) is 5.19. The van der Waals surface area contributed by atoms with Crippen LogP contribution in [0.5, 0.6) is 0 Å². The van der Waals surface area contributed by atoms with Crippen molar-refractivity contribution in [3.63, 3.8) is 0 Å². The molecule has 0 aliphatic rings. The summed E-state index contributed by atoms with van der Waals surface area (Å²) in [7, 11) is -0.967. The maximum absolute atomic E-state index is 5.63. The lowest BCUT2D eigenvalue weighted by atomic mass is 10.5. The van der Waals surface area contributed by atoms with E-state index in [2.05, 4.69) is 36.3 Å². The predicted octanol–water partition coefficient (Wildman–Crippen LogP) is 3.41. The lowest BCUT2D eigenvalue weighted by molar-refractivity contribution is 0.0791. The molecule has 88 valence electrons. The summed E-state index contributed by atoms with van der Waals surface area (Å²) in [6.07, 6.45) is 2.05. The van der Waals surface area contributed by atoms with Gasteiger partial charge in [-0.2, -0.15) is 5.10 Å². The molecule has 0 aromatic carbocycles. The molecule has 5 heteroatoms. The molecule has 0 amide bonds. The van der Waals surface area contributed by atoms with E-state index >= 15 is 0 Å². The molecule has 2 heterocycles. The molecule has 3 nitrogen and oxygen atoms in total. The van der Waals surface area contributed by atoms with Gasteiger partial charge in [0, 0.05) is 20.9 Å². The van der Waals surface area contributed by atoms with Gasteiger partial charge in [0.25, 0.3) is 0 Å². The first-order valence-electron chi connectivity index (χ1n) is 5.53. The summed E-state index contributed by atoms with van der Waals surface area (Å²) in [4.78, 5) is 0. The second-order valence-corrected chi connectivity index (χ2v) is 11.8. The standard InChI is InChI=1S/C11H18N2OSSi/c1-16(2,3)7-5-14-9-13-8-11-10(12-13)4-6-15-11/h4,6,8H,5,7,9H2,1-3H3. The predicted molar refractivity (Wildman–Crippen MR) is 71.7 cm³/mol. The Kier molecular flexibility index (Phi) is 3.46. The van der Waals surface area contributed by atoms with Gasteiger partial charge >= 0.3 is 0 Å². The first-order valence-corrected chi connectivity index (χ1v) is 10.1. The number of rotatable bonds is 5.